The maximum absolute atomic E-state index is 13.1. The predicted molar refractivity (Wildman–Crippen MR) is 87.6 cm³/mol. The second-order valence-electron chi connectivity index (χ2n) is 5.26. The van der Waals surface area contributed by atoms with Crippen LogP contribution in [0.25, 0.3) is 22.2 Å². The third kappa shape index (κ3) is 3.08. The Balaban J connectivity index is 2.14. The molecular formula is C19H13FN2O2. The number of hydrogen-bond acceptors (Lipinski definition) is 4. The fourth-order valence-corrected chi connectivity index (χ4v) is 2.36. The summed E-state index contributed by atoms with van der Waals surface area (Å²) in [6.45, 7) is 1.50. The lowest BCUT2D eigenvalue weighted by molar-refractivity contribution is 0.0438. The van der Waals surface area contributed by atoms with Crippen molar-refractivity contribution in [1.29, 1.82) is 5.26 Å². The highest BCUT2D eigenvalue weighted by Crippen LogP contribution is 2.25. The van der Waals surface area contributed by atoms with E-state index in [-0.39, 0.29) is 5.82 Å². The first kappa shape index (κ1) is 15.6. The van der Waals surface area contributed by atoms with Crippen LogP contribution in [0.15, 0.2) is 54.6 Å². The zero-order valence-electron chi connectivity index (χ0n) is 12.9. The zero-order chi connectivity index (χ0) is 17.1. The number of pyridine rings is 1. The highest BCUT2D eigenvalue weighted by molar-refractivity contribution is 6.04. The molecule has 0 saturated carbocycles. The van der Waals surface area contributed by atoms with Crippen molar-refractivity contribution in [2.45, 2.75) is 13.0 Å². The van der Waals surface area contributed by atoms with Gasteiger partial charge in [-0.25, -0.2) is 14.2 Å². The molecule has 24 heavy (non-hydrogen) atoms. The lowest BCUT2D eigenvalue weighted by Gasteiger charge is -2.11. The van der Waals surface area contributed by atoms with Crippen LogP contribution in [-0.2, 0) is 4.74 Å². The molecular weight excluding hydrogens is 307 g/mol. The fraction of sp³-hybridized carbons (Fsp3) is 0.105. The van der Waals surface area contributed by atoms with Crippen LogP contribution >= 0.6 is 0 Å². The van der Waals surface area contributed by atoms with E-state index in [9.17, 15) is 9.18 Å². The van der Waals surface area contributed by atoms with E-state index >= 15 is 0 Å². The Morgan fingerprint density at radius 2 is 1.92 bits per heavy atom. The number of halogens is 1. The molecule has 2 aromatic carbocycles. The molecule has 3 aromatic rings. The molecule has 3 rings (SSSR count). The lowest BCUT2D eigenvalue weighted by Crippen LogP contribution is -2.14. The maximum atomic E-state index is 13.1. The van der Waals surface area contributed by atoms with Crippen LogP contribution in [0.5, 0.6) is 0 Å². The number of aromatic nitrogens is 1. The van der Waals surface area contributed by atoms with Gasteiger partial charge < -0.3 is 4.74 Å². The van der Waals surface area contributed by atoms with Crippen molar-refractivity contribution in [2.75, 3.05) is 0 Å². The van der Waals surface area contributed by atoms with Gasteiger partial charge in [0.15, 0.2) is 6.10 Å². The molecule has 0 saturated heterocycles. The number of rotatable bonds is 3. The van der Waals surface area contributed by atoms with E-state index in [0.717, 1.165) is 0 Å². The molecule has 5 heteroatoms. The number of ether oxygens (including phenoxy) is 1. The van der Waals surface area contributed by atoms with Crippen molar-refractivity contribution in [3.63, 3.8) is 0 Å². The number of para-hydroxylation sites is 1. The van der Waals surface area contributed by atoms with Crippen molar-refractivity contribution in [3.8, 4) is 17.3 Å². The van der Waals surface area contributed by atoms with E-state index < -0.39 is 12.1 Å². The van der Waals surface area contributed by atoms with E-state index in [0.29, 0.717) is 27.7 Å². The Hall–Kier alpha value is -3.26. The smallest absolute Gasteiger partial charge is 0.340 e. The second-order valence-corrected chi connectivity index (χ2v) is 5.26. The summed E-state index contributed by atoms with van der Waals surface area (Å²) in [7, 11) is 0. The summed E-state index contributed by atoms with van der Waals surface area (Å²) in [4.78, 5) is 16.9. The molecule has 0 spiro atoms. The van der Waals surface area contributed by atoms with Gasteiger partial charge >= 0.3 is 5.97 Å². The maximum Gasteiger partial charge on any atom is 0.340 e. The SMILES string of the molecule is C[C@H](C#N)OC(=O)c1cc(-c2ccc(F)cc2)nc2ccccc12. The van der Waals surface area contributed by atoms with Crippen LogP contribution in [0, 0.1) is 17.1 Å². The number of nitriles is 1. The van der Waals surface area contributed by atoms with Gasteiger partial charge in [0.1, 0.15) is 11.9 Å². The van der Waals surface area contributed by atoms with Crippen LogP contribution in [0.4, 0.5) is 4.39 Å². The van der Waals surface area contributed by atoms with Crippen molar-refractivity contribution in [1.82, 2.24) is 4.98 Å². The highest BCUT2D eigenvalue weighted by atomic mass is 19.1. The van der Waals surface area contributed by atoms with Crippen molar-refractivity contribution >= 4 is 16.9 Å². The molecule has 0 fully saturated rings. The van der Waals surface area contributed by atoms with E-state index in [1.165, 1.54) is 19.1 Å². The average Bonchev–Trinajstić information content (AvgIpc) is 2.61. The van der Waals surface area contributed by atoms with Crippen molar-refractivity contribution in [3.05, 3.63) is 66.0 Å². The van der Waals surface area contributed by atoms with Gasteiger partial charge in [0.2, 0.25) is 0 Å². The monoisotopic (exact) mass is 320 g/mol. The molecule has 1 atom stereocenters. The largest absolute Gasteiger partial charge is 0.444 e. The molecule has 1 heterocycles. The Morgan fingerprint density at radius 1 is 1.21 bits per heavy atom. The first-order valence-corrected chi connectivity index (χ1v) is 7.35. The standard InChI is InChI=1S/C19H13FN2O2/c1-12(11-21)24-19(23)16-10-18(13-6-8-14(20)9-7-13)22-17-5-3-2-4-15(16)17/h2-10,12H,1H3/t12-/m1/s1. The van der Waals surface area contributed by atoms with E-state index in [2.05, 4.69) is 4.98 Å². The quantitative estimate of drug-likeness (QED) is 0.681. The summed E-state index contributed by atoms with van der Waals surface area (Å²) in [6.07, 6.45) is -0.848. The average molecular weight is 320 g/mol. The first-order valence-electron chi connectivity index (χ1n) is 7.35. The Kier molecular flexibility index (Phi) is 4.21. The number of benzene rings is 2. The Morgan fingerprint density at radius 3 is 2.62 bits per heavy atom. The van der Waals surface area contributed by atoms with E-state index in [1.54, 1.807) is 36.4 Å². The minimum Gasteiger partial charge on any atom is -0.444 e. The number of hydrogen-bond donors (Lipinski definition) is 0. The minimum absolute atomic E-state index is 0.321. The summed E-state index contributed by atoms with van der Waals surface area (Å²) >= 11 is 0. The normalized spacial score (nSPS) is 11.7. The molecule has 0 bridgehead atoms. The van der Waals surface area contributed by atoms with Gasteiger partial charge in [0.05, 0.1) is 16.8 Å². The molecule has 118 valence electrons. The molecule has 0 amide bonds. The summed E-state index contributed by atoms with van der Waals surface area (Å²) in [6, 6.07) is 16.5. The molecule has 0 aliphatic carbocycles. The molecule has 4 nitrogen and oxygen atoms in total. The third-order valence-electron chi connectivity index (χ3n) is 3.54. The number of nitrogens with zero attached hydrogens (tertiary/aromatic N) is 2. The van der Waals surface area contributed by atoms with Crippen LogP contribution in [0.3, 0.4) is 0 Å². The summed E-state index contributed by atoms with van der Waals surface area (Å²) in [5.74, 6) is -0.937. The summed E-state index contributed by atoms with van der Waals surface area (Å²) in [5.41, 5.74) is 2.16. The van der Waals surface area contributed by atoms with Gasteiger partial charge in [-0.15, -0.1) is 0 Å². The highest BCUT2D eigenvalue weighted by Gasteiger charge is 2.17. The summed E-state index contributed by atoms with van der Waals surface area (Å²) < 4.78 is 18.2. The predicted octanol–water partition coefficient (Wildman–Crippen LogP) is 4.11. The Bertz CT molecular complexity index is 946. The second kappa shape index (κ2) is 6.47. The van der Waals surface area contributed by atoms with Gasteiger partial charge in [-0.05, 0) is 43.3 Å². The van der Waals surface area contributed by atoms with Crippen LogP contribution < -0.4 is 0 Å². The van der Waals surface area contributed by atoms with E-state index in [1.807, 2.05) is 12.1 Å². The van der Waals surface area contributed by atoms with Gasteiger partial charge in [0, 0.05) is 10.9 Å². The third-order valence-corrected chi connectivity index (χ3v) is 3.54. The Labute approximate surface area is 138 Å². The molecule has 1 aromatic heterocycles. The lowest BCUT2D eigenvalue weighted by atomic mass is 10.0. The van der Waals surface area contributed by atoms with Crippen molar-refractivity contribution < 1.29 is 13.9 Å². The van der Waals surface area contributed by atoms with Gasteiger partial charge in [-0.3, -0.25) is 0 Å². The van der Waals surface area contributed by atoms with Crippen LogP contribution in [0.1, 0.15) is 17.3 Å². The van der Waals surface area contributed by atoms with Crippen LogP contribution in [-0.4, -0.2) is 17.1 Å². The molecule has 0 N–H and O–H groups in total. The minimum atomic E-state index is -0.848. The molecule has 0 radical (unpaired) electrons. The topological polar surface area (TPSA) is 63.0 Å². The van der Waals surface area contributed by atoms with Crippen LogP contribution in [0.2, 0.25) is 0 Å². The zero-order valence-corrected chi connectivity index (χ0v) is 12.9. The fourth-order valence-electron chi connectivity index (χ4n) is 2.36. The number of carbonyl (C=O) groups is 1. The van der Waals surface area contributed by atoms with Gasteiger partial charge in [0.25, 0.3) is 0 Å². The number of esters is 1. The first-order chi connectivity index (χ1) is 11.6. The molecule has 0 unspecified atom stereocenters. The van der Waals surface area contributed by atoms with Gasteiger partial charge in [-0.1, -0.05) is 18.2 Å². The number of carbonyl (C=O) groups excluding carboxylic acids is 1. The number of fused-ring (bicyclic) bond motifs is 1. The molecule has 0 aliphatic rings. The van der Waals surface area contributed by atoms with E-state index in [4.69, 9.17) is 10.00 Å². The molecule has 0 aliphatic heterocycles. The van der Waals surface area contributed by atoms with Crippen molar-refractivity contribution in [2.24, 2.45) is 0 Å². The van der Waals surface area contributed by atoms with Gasteiger partial charge in [-0.2, -0.15) is 5.26 Å². The summed E-state index contributed by atoms with van der Waals surface area (Å²) in [5, 5.41) is 9.46.